The van der Waals surface area contributed by atoms with E-state index in [0.717, 1.165) is 13.1 Å². The van der Waals surface area contributed by atoms with Gasteiger partial charge < -0.3 is 30.9 Å². The summed E-state index contributed by atoms with van der Waals surface area (Å²) in [5.41, 5.74) is 0. The lowest BCUT2D eigenvalue weighted by Crippen LogP contribution is -2.11. The largest absolute Gasteiger partial charge is 0.359 e. The molecule has 2 amide bonds. The summed E-state index contributed by atoms with van der Waals surface area (Å²) < 4.78 is 0. The normalized spacial score (nSPS) is 6.00. The van der Waals surface area contributed by atoms with Gasteiger partial charge in [0.1, 0.15) is 11.6 Å². The van der Waals surface area contributed by atoms with Crippen LogP contribution in [0.15, 0.2) is 0 Å². The first-order valence-electron chi connectivity index (χ1n) is 9.56. The van der Waals surface area contributed by atoms with Crippen LogP contribution in [0.4, 0.5) is 0 Å². The van der Waals surface area contributed by atoms with Gasteiger partial charge in [0.2, 0.25) is 11.8 Å². The van der Waals surface area contributed by atoms with Crippen LogP contribution in [-0.4, -0.2) is 64.7 Å². The van der Waals surface area contributed by atoms with Gasteiger partial charge in [0.15, 0.2) is 0 Å². The molecule has 0 saturated heterocycles. The molecular formula is C26H72N4O4. The van der Waals surface area contributed by atoms with Crippen molar-refractivity contribution in [2.45, 2.75) is 113 Å². The van der Waals surface area contributed by atoms with Crippen molar-refractivity contribution in [3.8, 4) is 0 Å². The SMILES string of the molecule is C.C.C.C.C.C.CCC(C)=O.CCC(C)=O.CCNC.CCNC.CNC(C)=O.CNC(C)=O. The smallest absolute Gasteiger partial charge is 0.216 e. The predicted molar refractivity (Wildman–Crippen MR) is 161 cm³/mol. The Hall–Kier alpha value is -1.80. The number of Topliss-reactive ketones (excluding diaryl/α,β-unsaturated/α-hetero) is 2. The fourth-order valence-corrected chi connectivity index (χ4v) is 0. The number of ketones is 2. The fourth-order valence-electron chi connectivity index (χ4n) is 0. The number of rotatable bonds is 4. The van der Waals surface area contributed by atoms with Gasteiger partial charge in [-0.25, -0.2) is 0 Å². The van der Waals surface area contributed by atoms with E-state index in [-0.39, 0.29) is 67.9 Å². The van der Waals surface area contributed by atoms with Crippen molar-refractivity contribution in [2.24, 2.45) is 0 Å². The molecule has 0 heterocycles. The van der Waals surface area contributed by atoms with Gasteiger partial charge in [0.25, 0.3) is 0 Å². The summed E-state index contributed by atoms with van der Waals surface area (Å²) in [6.07, 6.45) is 1.33. The average Bonchev–Trinajstić information content (AvgIpc) is 2.69. The second-order valence-corrected chi connectivity index (χ2v) is 5.14. The highest BCUT2D eigenvalue weighted by molar-refractivity contribution is 5.75. The average molecular weight is 505 g/mol. The minimum absolute atomic E-state index is 0. The molecule has 0 aliphatic rings. The third-order valence-electron chi connectivity index (χ3n) is 2.41. The van der Waals surface area contributed by atoms with Gasteiger partial charge in [0.05, 0.1) is 0 Å². The Morgan fingerprint density at radius 3 is 0.559 bits per heavy atom. The van der Waals surface area contributed by atoms with Crippen LogP contribution in [0.3, 0.4) is 0 Å². The maximum Gasteiger partial charge on any atom is 0.216 e. The van der Waals surface area contributed by atoms with Gasteiger partial charge in [-0.05, 0) is 41.0 Å². The van der Waals surface area contributed by atoms with Crippen molar-refractivity contribution < 1.29 is 19.2 Å². The molecule has 0 saturated carbocycles. The standard InChI is InChI=1S/2C4H8O.2C3H7NO.2C3H9N.6CH4/c2*1-3-4(2)5;2*1-3(5)4-2;2*1-3-4-2;;;;;;/h2*3H2,1-2H3;2*1-2H3,(H,4,5);2*4H,3H2,1-2H3;6*1H4. The highest BCUT2D eigenvalue weighted by Crippen LogP contribution is 1.72. The van der Waals surface area contributed by atoms with Crippen LogP contribution in [0, 0.1) is 0 Å². The molecule has 4 N–H and O–H groups in total. The van der Waals surface area contributed by atoms with E-state index in [4.69, 9.17) is 0 Å². The lowest BCUT2D eigenvalue weighted by molar-refractivity contribution is -0.119. The molecule has 8 heteroatoms. The molecule has 0 fully saturated rings. The van der Waals surface area contributed by atoms with Crippen molar-refractivity contribution in [3.05, 3.63) is 0 Å². The zero-order valence-corrected chi connectivity index (χ0v) is 20.5. The molecule has 8 nitrogen and oxygen atoms in total. The Bertz CT molecular complexity index is 275. The molecular weight excluding hydrogens is 432 g/mol. The van der Waals surface area contributed by atoms with Gasteiger partial charge in [0, 0.05) is 40.8 Å². The van der Waals surface area contributed by atoms with Crippen molar-refractivity contribution in [1.29, 1.82) is 0 Å². The Balaban J connectivity index is -0.0000000165. The summed E-state index contributed by atoms with van der Waals surface area (Å²) in [7, 11) is 7.06. The lowest BCUT2D eigenvalue weighted by Gasteiger charge is -1.80. The highest BCUT2D eigenvalue weighted by atomic mass is 16.2. The summed E-state index contributed by atoms with van der Waals surface area (Å²) in [5, 5.41) is 10.6. The molecule has 220 valence electrons. The summed E-state index contributed by atoms with van der Waals surface area (Å²) in [6.45, 7) is 16.1. The predicted octanol–water partition coefficient (Wildman–Crippen LogP) is 5.74. The van der Waals surface area contributed by atoms with E-state index < -0.39 is 0 Å². The van der Waals surface area contributed by atoms with Gasteiger partial charge in [-0.2, -0.15) is 0 Å². The Morgan fingerprint density at radius 1 is 0.471 bits per heavy atom. The Kier molecular flexibility index (Phi) is 194. The Labute approximate surface area is 218 Å². The van der Waals surface area contributed by atoms with Crippen LogP contribution in [0.5, 0.6) is 0 Å². The number of carbonyl (C=O) groups is 4. The van der Waals surface area contributed by atoms with E-state index in [9.17, 15) is 19.2 Å². The number of hydrogen-bond acceptors (Lipinski definition) is 6. The van der Waals surface area contributed by atoms with Gasteiger partial charge in [-0.15, -0.1) is 0 Å². The second kappa shape index (κ2) is 85.9. The Morgan fingerprint density at radius 2 is 0.559 bits per heavy atom. The van der Waals surface area contributed by atoms with Gasteiger partial charge in [-0.1, -0.05) is 72.3 Å². The molecule has 0 spiro atoms. The molecule has 34 heavy (non-hydrogen) atoms. The van der Waals surface area contributed by atoms with E-state index in [1.807, 2.05) is 27.9 Å². The van der Waals surface area contributed by atoms with Gasteiger partial charge >= 0.3 is 0 Å². The summed E-state index contributed by atoms with van der Waals surface area (Å²) >= 11 is 0. The number of hydrogen-bond donors (Lipinski definition) is 4. The van der Waals surface area contributed by atoms with Crippen LogP contribution in [0.2, 0.25) is 0 Å². The maximum absolute atomic E-state index is 9.81. The molecule has 0 aliphatic heterocycles. The van der Waals surface area contributed by atoms with Gasteiger partial charge in [-0.3, -0.25) is 9.59 Å². The van der Waals surface area contributed by atoms with Crippen molar-refractivity contribution in [3.63, 3.8) is 0 Å². The molecule has 0 rings (SSSR count). The zero-order chi connectivity index (χ0) is 24.0. The minimum atomic E-state index is 0. The molecule has 0 aromatic carbocycles. The molecule has 0 bridgehead atoms. The highest BCUT2D eigenvalue weighted by Gasteiger charge is 1.77. The van der Waals surface area contributed by atoms with E-state index in [1.165, 1.54) is 13.8 Å². The van der Waals surface area contributed by atoms with Crippen molar-refractivity contribution in [2.75, 3.05) is 41.3 Å². The van der Waals surface area contributed by atoms with Crippen LogP contribution in [0.1, 0.15) is 113 Å². The number of carbonyl (C=O) groups excluding carboxylic acids is 4. The van der Waals surface area contributed by atoms with E-state index in [0.29, 0.717) is 12.8 Å². The summed E-state index contributed by atoms with van der Waals surface area (Å²) in [5.74, 6) is 0.519. The molecule has 0 aromatic rings. The summed E-state index contributed by atoms with van der Waals surface area (Å²) in [4.78, 5) is 39.0. The fraction of sp³-hybridized carbons (Fsp3) is 0.846. The van der Waals surface area contributed by atoms with E-state index >= 15 is 0 Å². The third-order valence-corrected chi connectivity index (χ3v) is 2.41. The number of amides is 2. The minimum Gasteiger partial charge on any atom is -0.359 e. The molecule has 0 atom stereocenters. The van der Waals surface area contributed by atoms with Crippen LogP contribution >= 0.6 is 0 Å². The van der Waals surface area contributed by atoms with Crippen LogP contribution in [0.25, 0.3) is 0 Å². The van der Waals surface area contributed by atoms with E-state index in [2.05, 4.69) is 35.1 Å². The first-order valence-corrected chi connectivity index (χ1v) is 9.56. The first-order chi connectivity index (χ1) is 12.9. The lowest BCUT2D eigenvalue weighted by atomic mass is 10.4. The van der Waals surface area contributed by atoms with Crippen molar-refractivity contribution in [1.82, 2.24) is 21.3 Å². The summed E-state index contributed by atoms with van der Waals surface area (Å²) in [6, 6.07) is 0. The van der Waals surface area contributed by atoms with Crippen LogP contribution < -0.4 is 21.3 Å². The second-order valence-electron chi connectivity index (χ2n) is 5.14. The van der Waals surface area contributed by atoms with E-state index in [1.54, 1.807) is 27.9 Å². The van der Waals surface area contributed by atoms with Crippen LogP contribution in [-0.2, 0) is 19.2 Å². The van der Waals surface area contributed by atoms with Crippen molar-refractivity contribution >= 4 is 23.4 Å². The zero-order valence-electron chi connectivity index (χ0n) is 20.5. The quantitative estimate of drug-likeness (QED) is 0.388. The molecule has 0 aromatic heterocycles. The number of nitrogens with one attached hydrogen (secondary N) is 4. The monoisotopic (exact) mass is 505 g/mol. The molecule has 0 aliphatic carbocycles. The first kappa shape index (κ1) is 76.8. The topological polar surface area (TPSA) is 116 Å². The third kappa shape index (κ3) is 383. The maximum atomic E-state index is 9.81. The molecule has 0 radical (unpaired) electrons. The molecule has 0 unspecified atom stereocenters.